The van der Waals surface area contributed by atoms with Crippen molar-refractivity contribution in [3.05, 3.63) is 76.1 Å². The van der Waals surface area contributed by atoms with Crippen molar-refractivity contribution in [3.63, 3.8) is 0 Å². The van der Waals surface area contributed by atoms with Crippen molar-refractivity contribution in [2.45, 2.75) is 25.4 Å². The maximum Gasteiger partial charge on any atom is 0.330 e. The van der Waals surface area contributed by atoms with E-state index in [0.29, 0.717) is 53.7 Å². The first kappa shape index (κ1) is 22.8. The molecule has 6 rings (SSSR count). The van der Waals surface area contributed by atoms with Crippen molar-refractivity contribution >= 4 is 22.2 Å². The molecule has 0 bridgehead atoms. The Morgan fingerprint density at radius 3 is 2.86 bits per heavy atom. The molecular weight excluding hydrogens is 482 g/mol. The highest BCUT2D eigenvalue weighted by Gasteiger charge is 2.31. The fraction of sp³-hybridized carbons (Fsp3) is 0.240. The number of nitrogens with zero attached hydrogens (tertiary/aromatic N) is 7. The number of hydrogen-bond acceptors (Lipinski definition) is 7. The lowest BCUT2D eigenvalue weighted by molar-refractivity contribution is 0.242. The molecule has 12 heteroatoms. The Morgan fingerprint density at radius 1 is 1.19 bits per heavy atom. The largest absolute Gasteiger partial charge is 0.490 e. The predicted molar refractivity (Wildman–Crippen MR) is 129 cm³/mol. The van der Waals surface area contributed by atoms with Crippen molar-refractivity contribution < 1.29 is 13.5 Å². The number of aromatic nitrogens is 6. The monoisotopic (exact) mass is 502 g/mol. The van der Waals surface area contributed by atoms with E-state index < -0.39 is 17.7 Å². The summed E-state index contributed by atoms with van der Waals surface area (Å²) in [6, 6.07) is 8.41. The number of benzene rings is 2. The number of fused-ring (bicyclic) bond motifs is 3. The average molecular weight is 502 g/mol. The molecule has 1 aliphatic heterocycles. The molecule has 0 saturated carbocycles. The molecule has 1 unspecified atom stereocenters. The van der Waals surface area contributed by atoms with Crippen LogP contribution in [0.5, 0.6) is 5.75 Å². The van der Waals surface area contributed by atoms with Gasteiger partial charge in [-0.25, -0.2) is 23.5 Å². The molecule has 1 atom stereocenters. The van der Waals surface area contributed by atoms with E-state index in [1.807, 2.05) is 0 Å². The maximum absolute atomic E-state index is 14.5. The summed E-state index contributed by atoms with van der Waals surface area (Å²) < 4.78 is 38.8. The van der Waals surface area contributed by atoms with Crippen LogP contribution < -0.4 is 16.2 Å². The fourth-order valence-electron chi connectivity index (χ4n) is 4.82. The number of aryl methyl sites for hydroxylation is 1. The van der Waals surface area contributed by atoms with Gasteiger partial charge in [-0.3, -0.25) is 13.7 Å². The minimum atomic E-state index is -0.826. The van der Waals surface area contributed by atoms with Gasteiger partial charge in [0.25, 0.3) is 0 Å². The number of imidazole rings is 2. The Kier molecular flexibility index (Phi) is 5.42. The zero-order chi connectivity index (χ0) is 25.7. The van der Waals surface area contributed by atoms with Gasteiger partial charge in [0.05, 0.1) is 41.5 Å². The Labute approximate surface area is 208 Å². The number of hydrogen-bond donors (Lipinski definition) is 1. The first-order chi connectivity index (χ1) is 18.0. The summed E-state index contributed by atoms with van der Waals surface area (Å²) in [5.74, 6) is -1.44. The lowest BCUT2D eigenvalue weighted by Crippen LogP contribution is -2.31. The van der Waals surface area contributed by atoms with Crippen LogP contribution in [0.2, 0.25) is 0 Å². The van der Waals surface area contributed by atoms with E-state index in [0.717, 1.165) is 6.07 Å². The Balaban J connectivity index is 1.60. The lowest BCUT2D eigenvalue weighted by Gasteiger charge is -2.27. The van der Waals surface area contributed by atoms with Crippen LogP contribution in [0, 0.1) is 23.0 Å². The second kappa shape index (κ2) is 8.79. The van der Waals surface area contributed by atoms with E-state index in [1.165, 1.54) is 21.5 Å². The summed E-state index contributed by atoms with van der Waals surface area (Å²) in [7, 11) is 0. The molecule has 0 spiro atoms. The standard InChI is InChI=1S/C25H20F2N8O2/c26-15-9-16-19(4-7-37-22(16)17(27)10-15)35-23-21(33(25(35)36)6-1-5-28)12-30-24(32-23)34-13-31-18-3-2-14(11-29)8-20(18)34/h2-3,8-10,12-13,19H,1,4-7,28H2. The number of rotatable bonds is 5. The normalized spacial score (nSPS) is 15.0. The second-order valence-electron chi connectivity index (χ2n) is 8.71. The molecule has 186 valence electrons. The molecule has 3 aromatic heterocycles. The maximum atomic E-state index is 14.5. The van der Waals surface area contributed by atoms with Gasteiger partial charge in [0.1, 0.15) is 17.7 Å². The predicted octanol–water partition coefficient (Wildman–Crippen LogP) is 2.80. The summed E-state index contributed by atoms with van der Waals surface area (Å²) in [6.07, 6.45) is 3.93. The topological polar surface area (TPSA) is 130 Å². The van der Waals surface area contributed by atoms with E-state index in [2.05, 4.69) is 16.0 Å². The van der Waals surface area contributed by atoms with E-state index in [1.54, 1.807) is 29.0 Å². The molecular formula is C25H20F2N8O2. The third-order valence-electron chi connectivity index (χ3n) is 6.52. The van der Waals surface area contributed by atoms with Gasteiger partial charge in [0.2, 0.25) is 5.95 Å². The van der Waals surface area contributed by atoms with Crippen molar-refractivity contribution in [1.82, 2.24) is 28.7 Å². The molecule has 2 aromatic carbocycles. The van der Waals surface area contributed by atoms with Crippen molar-refractivity contribution in [1.29, 1.82) is 5.26 Å². The van der Waals surface area contributed by atoms with E-state index in [-0.39, 0.29) is 29.6 Å². The van der Waals surface area contributed by atoms with Gasteiger partial charge in [0.15, 0.2) is 17.2 Å². The first-order valence-corrected chi connectivity index (χ1v) is 11.7. The molecule has 37 heavy (non-hydrogen) atoms. The second-order valence-corrected chi connectivity index (χ2v) is 8.71. The average Bonchev–Trinajstić information content (AvgIpc) is 3.44. The minimum Gasteiger partial charge on any atom is -0.490 e. The molecule has 0 amide bonds. The van der Waals surface area contributed by atoms with Gasteiger partial charge < -0.3 is 10.5 Å². The SMILES string of the molecule is N#Cc1ccc2ncn(-c3ncc4c(n3)n(C3CCOc5c(F)cc(F)cc53)c(=O)n4CCCN)c2c1. The summed E-state index contributed by atoms with van der Waals surface area (Å²) >= 11 is 0. The van der Waals surface area contributed by atoms with Gasteiger partial charge >= 0.3 is 5.69 Å². The van der Waals surface area contributed by atoms with Crippen LogP contribution in [0.3, 0.4) is 0 Å². The van der Waals surface area contributed by atoms with Crippen molar-refractivity contribution in [3.8, 4) is 17.8 Å². The van der Waals surface area contributed by atoms with Gasteiger partial charge in [-0.15, -0.1) is 0 Å². The van der Waals surface area contributed by atoms with Crippen molar-refractivity contribution in [2.75, 3.05) is 13.2 Å². The zero-order valence-corrected chi connectivity index (χ0v) is 19.4. The third kappa shape index (κ3) is 3.63. The van der Waals surface area contributed by atoms with Gasteiger partial charge in [-0.05, 0) is 37.2 Å². The van der Waals surface area contributed by atoms with E-state index in [4.69, 9.17) is 15.5 Å². The smallest absolute Gasteiger partial charge is 0.330 e. The van der Waals surface area contributed by atoms with Crippen LogP contribution in [-0.2, 0) is 6.54 Å². The molecule has 5 aromatic rings. The highest BCUT2D eigenvalue weighted by molar-refractivity contribution is 5.79. The first-order valence-electron chi connectivity index (χ1n) is 11.7. The number of ether oxygens (including phenoxy) is 1. The van der Waals surface area contributed by atoms with Crippen LogP contribution in [0.4, 0.5) is 8.78 Å². The zero-order valence-electron chi connectivity index (χ0n) is 19.4. The van der Waals surface area contributed by atoms with Crippen LogP contribution in [-0.4, -0.2) is 41.8 Å². The molecule has 2 N–H and O–H groups in total. The Hall–Kier alpha value is -4.63. The highest BCUT2D eigenvalue weighted by atomic mass is 19.1. The molecule has 0 radical (unpaired) electrons. The van der Waals surface area contributed by atoms with Crippen LogP contribution in [0.25, 0.3) is 28.1 Å². The molecule has 4 heterocycles. The molecule has 1 aliphatic rings. The fourth-order valence-corrected chi connectivity index (χ4v) is 4.82. The minimum absolute atomic E-state index is 0.0775. The van der Waals surface area contributed by atoms with Crippen molar-refractivity contribution in [2.24, 2.45) is 5.73 Å². The van der Waals surface area contributed by atoms with Gasteiger partial charge in [0, 0.05) is 24.6 Å². The van der Waals surface area contributed by atoms with Crippen LogP contribution >= 0.6 is 0 Å². The third-order valence-corrected chi connectivity index (χ3v) is 6.52. The number of nitriles is 1. The Bertz CT molecular complexity index is 1780. The van der Waals surface area contributed by atoms with E-state index >= 15 is 0 Å². The lowest BCUT2D eigenvalue weighted by atomic mass is 10.00. The molecule has 10 nitrogen and oxygen atoms in total. The summed E-state index contributed by atoms with van der Waals surface area (Å²) in [5, 5.41) is 9.32. The van der Waals surface area contributed by atoms with Gasteiger partial charge in [-0.2, -0.15) is 10.2 Å². The molecule has 0 aliphatic carbocycles. The number of halogens is 2. The highest BCUT2D eigenvalue weighted by Crippen LogP contribution is 2.38. The van der Waals surface area contributed by atoms with Crippen LogP contribution in [0.1, 0.15) is 30.0 Å². The molecule has 0 saturated heterocycles. The van der Waals surface area contributed by atoms with Crippen LogP contribution in [0.15, 0.2) is 47.7 Å². The summed E-state index contributed by atoms with van der Waals surface area (Å²) in [6.45, 7) is 0.842. The van der Waals surface area contributed by atoms with Gasteiger partial charge in [-0.1, -0.05) is 0 Å². The van der Waals surface area contributed by atoms with E-state index in [9.17, 15) is 18.8 Å². The Morgan fingerprint density at radius 2 is 2.05 bits per heavy atom. The number of nitrogens with two attached hydrogens (primary N) is 1. The quantitative estimate of drug-likeness (QED) is 0.391. The molecule has 0 fully saturated rings. The summed E-state index contributed by atoms with van der Waals surface area (Å²) in [4.78, 5) is 27.3. The summed E-state index contributed by atoms with van der Waals surface area (Å²) in [5.41, 5.74) is 8.02.